The molecule has 0 bridgehead atoms. The highest BCUT2D eigenvalue weighted by Gasteiger charge is 2.26. The SMILES string of the molecule is CCCCCCCCCCCCCCCOCC(COP(=O)(O)OCC[N+](C)(C)C)OC(=O)CCCCCCCC. The molecule has 0 saturated heterocycles. The van der Waals surface area contributed by atoms with E-state index in [9.17, 15) is 14.3 Å². The third-order valence-electron chi connectivity index (χ3n) is 7.17. The predicted molar refractivity (Wildman–Crippen MR) is 169 cm³/mol. The summed E-state index contributed by atoms with van der Waals surface area (Å²) in [6.07, 6.45) is 22.9. The van der Waals surface area contributed by atoms with Crippen molar-refractivity contribution in [2.75, 3.05) is 54.1 Å². The van der Waals surface area contributed by atoms with Gasteiger partial charge in [0.25, 0.3) is 0 Å². The molecule has 1 N–H and O–H groups in total. The van der Waals surface area contributed by atoms with Crippen molar-refractivity contribution in [2.45, 2.75) is 148 Å². The minimum absolute atomic E-state index is 0.0926. The van der Waals surface area contributed by atoms with Crippen LogP contribution in [0.25, 0.3) is 0 Å². The van der Waals surface area contributed by atoms with Crippen LogP contribution in [0.15, 0.2) is 0 Å². The Labute approximate surface area is 253 Å². The van der Waals surface area contributed by atoms with E-state index in [0.717, 1.165) is 32.1 Å². The van der Waals surface area contributed by atoms with Gasteiger partial charge in [0, 0.05) is 13.0 Å². The van der Waals surface area contributed by atoms with Crippen molar-refractivity contribution in [3.8, 4) is 0 Å². The maximum absolute atomic E-state index is 12.4. The van der Waals surface area contributed by atoms with E-state index in [-0.39, 0.29) is 25.8 Å². The van der Waals surface area contributed by atoms with E-state index in [2.05, 4.69) is 13.8 Å². The van der Waals surface area contributed by atoms with Crippen molar-refractivity contribution in [1.29, 1.82) is 0 Å². The lowest BCUT2D eigenvalue weighted by molar-refractivity contribution is -0.870. The molecule has 246 valence electrons. The van der Waals surface area contributed by atoms with Gasteiger partial charge in [0.15, 0.2) is 0 Å². The first-order valence-corrected chi connectivity index (χ1v) is 18.3. The lowest BCUT2D eigenvalue weighted by Gasteiger charge is -2.24. The molecule has 0 aliphatic carbocycles. The molecule has 0 radical (unpaired) electrons. The lowest BCUT2D eigenvalue weighted by atomic mass is 10.0. The van der Waals surface area contributed by atoms with Crippen molar-refractivity contribution >= 4 is 13.8 Å². The van der Waals surface area contributed by atoms with Crippen molar-refractivity contribution in [2.24, 2.45) is 0 Å². The molecule has 0 spiro atoms. The highest BCUT2D eigenvalue weighted by atomic mass is 31.2. The van der Waals surface area contributed by atoms with E-state index in [1.807, 2.05) is 21.1 Å². The fourth-order valence-corrected chi connectivity index (χ4v) is 5.23. The summed E-state index contributed by atoms with van der Waals surface area (Å²) in [7, 11) is 1.67. The van der Waals surface area contributed by atoms with Gasteiger partial charge in [-0.15, -0.1) is 0 Å². The van der Waals surface area contributed by atoms with E-state index in [1.165, 1.54) is 89.9 Å². The van der Waals surface area contributed by atoms with E-state index in [1.54, 1.807) is 0 Å². The van der Waals surface area contributed by atoms with Gasteiger partial charge in [-0.3, -0.25) is 13.8 Å². The van der Waals surface area contributed by atoms with Crippen LogP contribution in [0.4, 0.5) is 0 Å². The van der Waals surface area contributed by atoms with Gasteiger partial charge in [-0.05, 0) is 12.8 Å². The van der Waals surface area contributed by atoms with Crippen LogP contribution in [0.3, 0.4) is 0 Å². The van der Waals surface area contributed by atoms with Gasteiger partial charge in [0.2, 0.25) is 0 Å². The van der Waals surface area contributed by atoms with Crippen molar-refractivity contribution < 1.29 is 37.3 Å². The number of phosphoric ester groups is 1. The Balaban J connectivity index is 4.24. The van der Waals surface area contributed by atoms with Crippen LogP contribution in [0, 0.1) is 0 Å². The molecular formula is C32H67NO7P+. The molecule has 0 aliphatic heterocycles. The second-order valence-electron chi connectivity index (χ2n) is 12.6. The normalized spacial score (nSPS) is 14.2. The number of hydrogen-bond acceptors (Lipinski definition) is 6. The highest BCUT2D eigenvalue weighted by molar-refractivity contribution is 7.47. The molecule has 9 heteroatoms. The second-order valence-corrected chi connectivity index (χ2v) is 14.0. The Hall–Kier alpha value is -0.500. The predicted octanol–water partition coefficient (Wildman–Crippen LogP) is 8.60. The molecule has 41 heavy (non-hydrogen) atoms. The Morgan fingerprint density at radius 1 is 0.659 bits per heavy atom. The zero-order chi connectivity index (χ0) is 30.7. The van der Waals surface area contributed by atoms with Gasteiger partial charge >= 0.3 is 13.8 Å². The molecule has 0 aliphatic rings. The summed E-state index contributed by atoms with van der Waals surface area (Å²) in [5, 5.41) is 0. The second kappa shape index (κ2) is 27.1. The smallest absolute Gasteiger partial charge is 0.457 e. The number of rotatable bonds is 31. The standard InChI is InChI=1S/C32H66NO7P/c1-6-8-10-12-14-15-16-17-18-19-20-22-24-27-37-29-31(40-32(34)25-23-21-13-11-9-7-2)30-39-41(35,36)38-28-26-33(3,4)5/h31H,6-30H2,1-5H3/p+1. The fourth-order valence-electron chi connectivity index (χ4n) is 4.49. The van der Waals surface area contributed by atoms with Crippen LogP contribution in [-0.2, 0) is 27.9 Å². The maximum atomic E-state index is 12.4. The average molecular weight is 609 g/mol. The van der Waals surface area contributed by atoms with Crippen molar-refractivity contribution in [1.82, 2.24) is 0 Å². The topological polar surface area (TPSA) is 91.3 Å². The summed E-state index contributed by atoms with van der Waals surface area (Å²) in [5.41, 5.74) is 0. The van der Waals surface area contributed by atoms with Crippen LogP contribution in [0.1, 0.15) is 142 Å². The number of phosphoric acid groups is 1. The molecule has 0 amide bonds. The quantitative estimate of drug-likeness (QED) is 0.0365. The molecule has 0 rings (SSSR count). The van der Waals surface area contributed by atoms with Crippen molar-refractivity contribution in [3.05, 3.63) is 0 Å². The Morgan fingerprint density at radius 3 is 1.61 bits per heavy atom. The first-order chi connectivity index (χ1) is 19.6. The molecule has 0 heterocycles. The van der Waals surface area contributed by atoms with E-state index in [0.29, 0.717) is 24.1 Å². The number of ether oxygens (including phenoxy) is 2. The van der Waals surface area contributed by atoms with Gasteiger partial charge in [0.05, 0.1) is 34.4 Å². The van der Waals surface area contributed by atoms with Crippen LogP contribution >= 0.6 is 7.82 Å². The number of carbonyl (C=O) groups excluding carboxylic acids is 1. The molecule has 8 nitrogen and oxygen atoms in total. The molecular weight excluding hydrogens is 541 g/mol. The monoisotopic (exact) mass is 608 g/mol. The van der Waals surface area contributed by atoms with Gasteiger partial charge in [-0.1, -0.05) is 123 Å². The molecule has 0 saturated carbocycles. The summed E-state index contributed by atoms with van der Waals surface area (Å²) >= 11 is 0. The van der Waals surface area contributed by atoms with Crippen molar-refractivity contribution in [3.63, 3.8) is 0 Å². The summed E-state index contributed by atoms with van der Waals surface area (Å²) in [5.74, 6) is -0.322. The van der Waals surface area contributed by atoms with Crippen LogP contribution in [-0.4, -0.2) is 75.6 Å². The highest BCUT2D eigenvalue weighted by Crippen LogP contribution is 2.43. The minimum atomic E-state index is -4.24. The number of nitrogens with zero attached hydrogens (tertiary/aromatic N) is 1. The Morgan fingerprint density at radius 2 is 1.12 bits per heavy atom. The zero-order valence-corrected chi connectivity index (χ0v) is 28.4. The maximum Gasteiger partial charge on any atom is 0.472 e. The molecule has 0 aromatic heterocycles. The number of carbonyl (C=O) groups is 1. The van der Waals surface area contributed by atoms with Crippen LogP contribution < -0.4 is 0 Å². The minimum Gasteiger partial charge on any atom is -0.457 e. The number of likely N-dealkylation sites (N-methyl/N-ethyl adjacent to an activating group) is 1. The summed E-state index contributed by atoms with van der Waals surface area (Å²) in [6.45, 7) is 5.57. The summed E-state index contributed by atoms with van der Waals surface area (Å²) in [6, 6.07) is 0. The third-order valence-corrected chi connectivity index (χ3v) is 8.15. The van der Waals surface area contributed by atoms with Gasteiger partial charge in [-0.2, -0.15) is 0 Å². The van der Waals surface area contributed by atoms with E-state index in [4.69, 9.17) is 18.5 Å². The molecule has 2 atom stereocenters. The van der Waals surface area contributed by atoms with Gasteiger partial charge in [-0.25, -0.2) is 4.57 Å². The largest absolute Gasteiger partial charge is 0.472 e. The number of esters is 1. The van der Waals surface area contributed by atoms with Gasteiger partial charge < -0.3 is 18.9 Å². The third kappa shape index (κ3) is 30.8. The van der Waals surface area contributed by atoms with Gasteiger partial charge in [0.1, 0.15) is 19.3 Å². The van der Waals surface area contributed by atoms with E-state index < -0.39 is 13.9 Å². The number of hydrogen-bond donors (Lipinski definition) is 1. The average Bonchev–Trinajstić information content (AvgIpc) is 2.90. The molecule has 0 aromatic carbocycles. The lowest BCUT2D eigenvalue weighted by Crippen LogP contribution is -2.37. The van der Waals surface area contributed by atoms with Crippen LogP contribution in [0.2, 0.25) is 0 Å². The number of quaternary nitrogens is 1. The Bertz CT molecular complexity index is 642. The fraction of sp³-hybridized carbons (Fsp3) is 0.969. The Kier molecular flexibility index (Phi) is 26.7. The summed E-state index contributed by atoms with van der Waals surface area (Å²) in [4.78, 5) is 22.5. The first-order valence-electron chi connectivity index (χ1n) is 16.8. The molecule has 0 fully saturated rings. The zero-order valence-electron chi connectivity index (χ0n) is 27.5. The molecule has 0 aromatic rings. The van der Waals surface area contributed by atoms with Crippen LogP contribution in [0.5, 0.6) is 0 Å². The van der Waals surface area contributed by atoms with E-state index >= 15 is 0 Å². The summed E-state index contributed by atoms with van der Waals surface area (Å²) < 4.78 is 34.6. The first kappa shape index (κ1) is 40.5. The number of unbranched alkanes of at least 4 members (excludes halogenated alkanes) is 17. The molecule has 2 unspecified atom stereocenters.